The molecule has 3 heterocycles. The van der Waals surface area contributed by atoms with Gasteiger partial charge in [-0.15, -0.1) is 21.5 Å². The first-order valence-corrected chi connectivity index (χ1v) is 10.8. The van der Waals surface area contributed by atoms with E-state index in [1.54, 1.807) is 11.3 Å². The molecule has 148 valence electrons. The maximum atomic E-state index is 6.25. The number of nitrogens with zero attached hydrogens (tertiary/aromatic N) is 4. The lowest BCUT2D eigenvalue weighted by atomic mass is 9.79. The first kappa shape index (κ1) is 19.6. The van der Waals surface area contributed by atoms with Gasteiger partial charge in [-0.05, 0) is 64.8 Å². The summed E-state index contributed by atoms with van der Waals surface area (Å²) in [7, 11) is 2.12. The van der Waals surface area contributed by atoms with E-state index in [2.05, 4.69) is 66.2 Å². The highest BCUT2D eigenvalue weighted by atomic mass is 35.5. The van der Waals surface area contributed by atoms with Crippen molar-refractivity contribution >= 4 is 39.0 Å². The van der Waals surface area contributed by atoms with Gasteiger partial charge in [0.15, 0.2) is 5.82 Å². The minimum Gasteiger partial charge on any atom is -0.355 e. The summed E-state index contributed by atoms with van der Waals surface area (Å²) >= 11 is 7.83. The van der Waals surface area contributed by atoms with Gasteiger partial charge in [0.2, 0.25) is 0 Å². The molecule has 0 saturated carbocycles. The summed E-state index contributed by atoms with van der Waals surface area (Å²) in [5.74, 6) is 0.900. The molecule has 0 atom stereocenters. The van der Waals surface area contributed by atoms with Crippen molar-refractivity contribution in [2.75, 3.05) is 11.9 Å². The molecule has 1 aliphatic rings. The van der Waals surface area contributed by atoms with Gasteiger partial charge in [-0.25, -0.2) is 4.98 Å². The molecule has 1 saturated heterocycles. The Morgan fingerprint density at radius 3 is 2.43 bits per heavy atom. The molecule has 0 bridgehead atoms. The molecular weight excluding hydrogens is 390 g/mol. The van der Waals surface area contributed by atoms with Crippen LogP contribution in [0.4, 0.5) is 5.82 Å². The molecule has 3 aromatic rings. The summed E-state index contributed by atoms with van der Waals surface area (Å²) in [6.45, 7) is 9.07. The van der Waals surface area contributed by atoms with Gasteiger partial charge in [0, 0.05) is 29.7 Å². The molecule has 1 N–H and O–H groups in total. The number of halogens is 1. The standard InChI is InChI=1S/C21H26ClN5S/c1-20(2)10-13(11-21(3,4)26-20)27(5)17-9-8-16(24-25-17)14-6-7-15(22)18-19(14)28-12-23-18/h6-9,12-13,26H,10-11H2,1-5H3. The number of nitrogens with one attached hydrogen (secondary N) is 1. The molecule has 0 radical (unpaired) electrons. The van der Waals surface area contributed by atoms with Crippen LogP contribution in [0.3, 0.4) is 0 Å². The van der Waals surface area contributed by atoms with Crippen molar-refractivity contribution in [3.05, 3.63) is 34.8 Å². The largest absolute Gasteiger partial charge is 0.355 e. The monoisotopic (exact) mass is 415 g/mol. The molecule has 0 amide bonds. The Morgan fingerprint density at radius 1 is 1.07 bits per heavy atom. The SMILES string of the molecule is CN(c1ccc(-c2ccc(Cl)c3ncsc23)nn1)C1CC(C)(C)NC(C)(C)C1. The molecule has 7 heteroatoms. The molecule has 1 aliphatic heterocycles. The molecule has 1 fully saturated rings. The molecule has 1 aromatic carbocycles. The predicted molar refractivity (Wildman–Crippen MR) is 118 cm³/mol. The minimum absolute atomic E-state index is 0.0924. The van der Waals surface area contributed by atoms with Crippen molar-refractivity contribution in [1.29, 1.82) is 0 Å². The number of piperidine rings is 1. The van der Waals surface area contributed by atoms with Crippen LogP contribution in [0.2, 0.25) is 5.02 Å². The quantitative estimate of drug-likeness (QED) is 0.640. The van der Waals surface area contributed by atoms with Gasteiger partial charge in [-0.1, -0.05) is 11.6 Å². The van der Waals surface area contributed by atoms with E-state index in [-0.39, 0.29) is 11.1 Å². The van der Waals surface area contributed by atoms with Crippen LogP contribution in [0, 0.1) is 0 Å². The van der Waals surface area contributed by atoms with Crippen molar-refractivity contribution in [2.45, 2.75) is 57.7 Å². The maximum Gasteiger partial charge on any atom is 0.151 e. The van der Waals surface area contributed by atoms with Crippen molar-refractivity contribution < 1.29 is 0 Å². The molecular formula is C21H26ClN5S. The fourth-order valence-electron chi connectivity index (χ4n) is 4.51. The van der Waals surface area contributed by atoms with Crippen LogP contribution >= 0.6 is 22.9 Å². The van der Waals surface area contributed by atoms with Gasteiger partial charge in [-0.3, -0.25) is 0 Å². The third kappa shape index (κ3) is 3.73. The van der Waals surface area contributed by atoms with E-state index < -0.39 is 0 Å². The third-order valence-electron chi connectivity index (χ3n) is 5.44. The Hall–Kier alpha value is -1.76. The van der Waals surface area contributed by atoms with Crippen molar-refractivity contribution in [1.82, 2.24) is 20.5 Å². The Labute approximate surface area is 175 Å². The van der Waals surface area contributed by atoms with Gasteiger partial charge in [-0.2, -0.15) is 0 Å². The maximum absolute atomic E-state index is 6.25. The summed E-state index contributed by atoms with van der Waals surface area (Å²) in [5.41, 5.74) is 4.69. The van der Waals surface area contributed by atoms with Crippen LogP contribution in [-0.2, 0) is 0 Å². The predicted octanol–water partition coefficient (Wildman–Crippen LogP) is 5.15. The molecule has 0 spiro atoms. The zero-order chi connectivity index (χ0) is 20.1. The van der Waals surface area contributed by atoms with Gasteiger partial charge in [0.25, 0.3) is 0 Å². The first-order valence-electron chi connectivity index (χ1n) is 9.53. The normalized spacial score (nSPS) is 19.1. The van der Waals surface area contributed by atoms with Gasteiger partial charge < -0.3 is 10.2 Å². The average Bonchev–Trinajstić information content (AvgIpc) is 3.10. The summed E-state index contributed by atoms with van der Waals surface area (Å²) in [6.07, 6.45) is 2.13. The highest BCUT2D eigenvalue weighted by Gasteiger charge is 2.39. The number of hydrogen-bond acceptors (Lipinski definition) is 6. The van der Waals surface area contributed by atoms with E-state index >= 15 is 0 Å². The van der Waals surface area contributed by atoms with Gasteiger partial charge in [0.05, 0.1) is 20.9 Å². The van der Waals surface area contributed by atoms with Crippen LogP contribution in [0.1, 0.15) is 40.5 Å². The van der Waals surface area contributed by atoms with E-state index in [9.17, 15) is 0 Å². The number of rotatable bonds is 3. The molecule has 4 rings (SSSR count). The van der Waals surface area contributed by atoms with Gasteiger partial charge >= 0.3 is 0 Å². The van der Waals surface area contributed by atoms with E-state index in [0.29, 0.717) is 11.1 Å². The van der Waals surface area contributed by atoms with E-state index in [1.807, 2.05) is 23.7 Å². The Balaban J connectivity index is 1.61. The van der Waals surface area contributed by atoms with E-state index in [4.69, 9.17) is 11.6 Å². The lowest BCUT2D eigenvalue weighted by Gasteiger charge is -2.49. The second kappa shape index (κ2) is 6.94. The molecule has 0 aliphatic carbocycles. The number of anilines is 1. The van der Waals surface area contributed by atoms with E-state index in [0.717, 1.165) is 40.1 Å². The smallest absolute Gasteiger partial charge is 0.151 e. The lowest BCUT2D eigenvalue weighted by Crippen LogP contribution is -2.62. The summed E-state index contributed by atoms with van der Waals surface area (Å²) < 4.78 is 1.05. The zero-order valence-corrected chi connectivity index (χ0v) is 18.5. The fourth-order valence-corrected chi connectivity index (χ4v) is 5.61. The van der Waals surface area contributed by atoms with Crippen molar-refractivity contribution in [3.8, 4) is 11.3 Å². The second-order valence-corrected chi connectivity index (χ2v) is 10.2. The van der Waals surface area contributed by atoms with Crippen LogP contribution in [0.15, 0.2) is 29.8 Å². The summed E-state index contributed by atoms with van der Waals surface area (Å²) in [5, 5.41) is 13.5. The Kier molecular flexibility index (Phi) is 4.84. The van der Waals surface area contributed by atoms with Crippen LogP contribution < -0.4 is 10.2 Å². The first-order chi connectivity index (χ1) is 13.2. The average molecular weight is 416 g/mol. The van der Waals surface area contributed by atoms with Crippen molar-refractivity contribution in [3.63, 3.8) is 0 Å². The van der Waals surface area contributed by atoms with Crippen LogP contribution in [0.25, 0.3) is 21.5 Å². The lowest BCUT2D eigenvalue weighted by molar-refractivity contribution is 0.160. The highest BCUT2D eigenvalue weighted by molar-refractivity contribution is 7.17. The zero-order valence-electron chi connectivity index (χ0n) is 17.0. The summed E-state index contributed by atoms with van der Waals surface area (Å²) in [4.78, 5) is 6.63. The Morgan fingerprint density at radius 2 is 1.79 bits per heavy atom. The second-order valence-electron chi connectivity index (χ2n) is 8.97. The number of aromatic nitrogens is 3. The Bertz CT molecular complexity index is 980. The highest BCUT2D eigenvalue weighted by Crippen LogP contribution is 2.35. The van der Waals surface area contributed by atoms with Crippen LogP contribution in [0.5, 0.6) is 0 Å². The minimum atomic E-state index is 0.0924. The van der Waals surface area contributed by atoms with E-state index in [1.165, 1.54) is 0 Å². The molecule has 5 nitrogen and oxygen atoms in total. The molecule has 2 aromatic heterocycles. The third-order valence-corrected chi connectivity index (χ3v) is 6.60. The molecule has 28 heavy (non-hydrogen) atoms. The van der Waals surface area contributed by atoms with Crippen LogP contribution in [-0.4, -0.2) is 39.3 Å². The number of benzene rings is 1. The fraction of sp³-hybridized carbons (Fsp3) is 0.476. The summed E-state index contributed by atoms with van der Waals surface area (Å²) in [6, 6.07) is 8.38. The number of fused-ring (bicyclic) bond motifs is 1. The van der Waals surface area contributed by atoms with Gasteiger partial charge in [0.1, 0.15) is 5.52 Å². The number of hydrogen-bond donors (Lipinski definition) is 1. The number of thiazole rings is 1. The van der Waals surface area contributed by atoms with Crippen molar-refractivity contribution in [2.24, 2.45) is 0 Å². The molecule has 0 unspecified atom stereocenters. The topological polar surface area (TPSA) is 53.9 Å².